The first-order chi connectivity index (χ1) is 54.0. The van der Waals surface area contributed by atoms with Crippen LogP contribution < -0.4 is 10.2 Å². The summed E-state index contributed by atoms with van der Waals surface area (Å²) in [6.07, 6.45) is 0. The fraction of sp³-hybridized carbons (Fsp3) is 0.0189. The predicted molar refractivity (Wildman–Crippen MR) is 481 cm³/mol. The lowest BCUT2D eigenvalue weighted by Gasteiger charge is -2.28. The van der Waals surface area contributed by atoms with Gasteiger partial charge in [0.1, 0.15) is 0 Å². The van der Waals surface area contributed by atoms with Crippen LogP contribution in [0.15, 0.2) is 441 Å². The molecule has 0 saturated heterocycles. The Hall–Kier alpha value is -13.8. The molecule has 0 fully saturated rings. The number of nitrogens with one attached hydrogen (secondary N) is 1. The van der Waals surface area contributed by atoms with Crippen LogP contribution in [0.5, 0.6) is 0 Å². The molecular weight excluding hydrogens is 1410 g/mol. The maximum Gasteiger partial charge on any atom is 0.0619 e. The molecule has 18 aromatic carbocycles. The molecule has 0 spiro atoms. The summed E-state index contributed by atoms with van der Waals surface area (Å²) >= 11 is 3.53. The maximum absolute atomic E-state index is 3.57. The quantitative estimate of drug-likeness (QED) is 0.124. The van der Waals surface area contributed by atoms with Crippen LogP contribution in [-0.2, 0) is 0 Å². The summed E-state index contributed by atoms with van der Waals surface area (Å²) in [7, 11) is 0. The molecule has 0 bridgehead atoms. The highest BCUT2D eigenvalue weighted by atomic mass is 79.9. The summed E-state index contributed by atoms with van der Waals surface area (Å²) in [5, 5.41) is 13.6. The zero-order valence-corrected chi connectivity index (χ0v) is 61.4. The Balaban J connectivity index is 0.000000145. The molecule has 0 unspecified atom stereocenters. The summed E-state index contributed by atoms with van der Waals surface area (Å²) in [5.74, 6) is 0. The number of anilines is 5. The van der Waals surface area contributed by atoms with Gasteiger partial charge in [-0.05, 0) is 146 Å². The van der Waals surface area contributed by atoms with Crippen molar-refractivity contribution >= 4 is 110 Å². The number of rotatable bonds is 13. The Labute approximate surface area is 658 Å². The molecule has 0 saturated carbocycles. The number of aromatic nitrogens is 2. The number of benzene rings is 18. The minimum Gasteiger partial charge on any atom is -0.356 e. The van der Waals surface area contributed by atoms with Crippen molar-refractivity contribution in [3.63, 3.8) is 0 Å². The molecule has 2 heterocycles. The van der Waals surface area contributed by atoms with Crippen molar-refractivity contribution in [3.05, 3.63) is 441 Å². The SMILES string of the molecule is Brc1ccccc1-c1ccccc1.C.C.c1ccc(-c2ccc(N(c3ccc(-c4ccccc4-n4c5ccccc5c5ccc6ccccc6c54)cc3)c3ccccc3-c3ccccc3)cc2)cc1.c1ccc(-c2ccc(Nc3ccc(-c4ccccc4-n4c5ccccc5c5ccc6ccccc6c54)cc3)cc2)cc1. The van der Waals surface area contributed by atoms with Gasteiger partial charge in [-0.1, -0.05) is 383 Å². The highest BCUT2D eigenvalue weighted by Crippen LogP contribution is 2.45. The molecule has 0 radical (unpaired) electrons. The average Bonchev–Trinajstić information content (AvgIpc) is 1.59. The van der Waals surface area contributed by atoms with Crippen LogP contribution in [0.25, 0.3) is 143 Å². The molecule has 0 amide bonds. The highest BCUT2D eigenvalue weighted by molar-refractivity contribution is 9.10. The Morgan fingerprint density at radius 1 is 0.216 bits per heavy atom. The van der Waals surface area contributed by atoms with Crippen LogP contribution in [0.4, 0.5) is 28.4 Å². The zero-order valence-electron chi connectivity index (χ0n) is 59.8. The van der Waals surface area contributed by atoms with E-state index in [-0.39, 0.29) is 14.9 Å². The lowest BCUT2D eigenvalue weighted by molar-refractivity contribution is 1.19. The van der Waals surface area contributed by atoms with Crippen molar-refractivity contribution in [2.45, 2.75) is 14.9 Å². The molecule has 1 N–H and O–H groups in total. The summed E-state index contributed by atoms with van der Waals surface area (Å²) in [5.41, 5.74) is 27.1. The van der Waals surface area contributed by atoms with Gasteiger partial charge in [-0.2, -0.15) is 0 Å². The molecule has 0 aliphatic rings. The number of nitrogens with zero attached hydrogens (tertiary/aromatic N) is 3. The van der Waals surface area contributed by atoms with Crippen molar-refractivity contribution < 1.29 is 0 Å². The van der Waals surface area contributed by atoms with Gasteiger partial charge < -0.3 is 19.4 Å². The first-order valence-electron chi connectivity index (χ1n) is 37.1. The molecular formula is C106H81BrN4. The molecule has 532 valence electrons. The molecule has 111 heavy (non-hydrogen) atoms. The Morgan fingerprint density at radius 2 is 0.523 bits per heavy atom. The first-order valence-corrected chi connectivity index (χ1v) is 37.9. The van der Waals surface area contributed by atoms with E-state index in [1.54, 1.807) is 0 Å². The van der Waals surface area contributed by atoms with Crippen LogP contribution in [0.1, 0.15) is 14.9 Å². The molecule has 20 rings (SSSR count). The third-order valence-electron chi connectivity index (χ3n) is 20.7. The van der Waals surface area contributed by atoms with Crippen molar-refractivity contribution in [3.8, 4) is 78.1 Å². The second-order valence-electron chi connectivity index (χ2n) is 27.3. The third-order valence-corrected chi connectivity index (χ3v) is 21.4. The molecule has 0 aliphatic carbocycles. The van der Waals surface area contributed by atoms with E-state index in [2.05, 4.69) is 448 Å². The fourth-order valence-electron chi connectivity index (χ4n) is 15.6. The van der Waals surface area contributed by atoms with Crippen LogP contribution in [-0.4, -0.2) is 9.13 Å². The zero-order chi connectivity index (χ0) is 72.8. The smallest absolute Gasteiger partial charge is 0.0619 e. The van der Waals surface area contributed by atoms with Crippen LogP contribution in [0.3, 0.4) is 0 Å². The van der Waals surface area contributed by atoms with Crippen molar-refractivity contribution in [1.82, 2.24) is 9.13 Å². The lowest BCUT2D eigenvalue weighted by atomic mass is 10.00. The van der Waals surface area contributed by atoms with Crippen molar-refractivity contribution in [1.29, 1.82) is 0 Å². The van der Waals surface area contributed by atoms with Gasteiger partial charge in [0, 0.05) is 76.2 Å². The van der Waals surface area contributed by atoms with Gasteiger partial charge in [0.15, 0.2) is 0 Å². The summed E-state index contributed by atoms with van der Waals surface area (Å²) in [6, 6.07) is 156. The summed E-state index contributed by atoms with van der Waals surface area (Å²) in [4.78, 5) is 2.38. The largest absolute Gasteiger partial charge is 0.356 e. The van der Waals surface area contributed by atoms with Crippen LogP contribution in [0.2, 0.25) is 0 Å². The molecule has 5 heteroatoms. The lowest BCUT2D eigenvalue weighted by Crippen LogP contribution is -2.11. The van der Waals surface area contributed by atoms with Gasteiger partial charge in [0.2, 0.25) is 0 Å². The number of para-hydroxylation sites is 5. The number of hydrogen-bond donors (Lipinski definition) is 1. The standard InChI is InChI=1S/C52H36N2.C40H28N2.C12H9Br.2CH4/c1-3-15-37(16-4-1)38-27-32-42(33-28-38)53(49-24-12-9-20-44(49)39-17-5-2-6-18-39)43-34-29-41(30-35-43)45-21-10-13-25-50(45)54-51-26-14-11-23-47(51)48-36-31-40-19-7-8-22-46(40)52(48)54;1-2-10-28(11-3-1)29-18-23-32(24-19-29)41-33-25-20-31(21-26-33)34-13-6-8-16-38(34)42-39-17-9-7-15-36(39)37-27-22-30-12-4-5-14-35(30)40(37)42;13-12-9-5-4-8-11(12)10-6-2-1-3-7-10;;/h1-36H;1-27,41H;1-9H;2*1H4. The van der Waals surface area contributed by atoms with E-state index in [1.165, 1.54) is 132 Å². The van der Waals surface area contributed by atoms with E-state index in [4.69, 9.17) is 0 Å². The molecule has 4 nitrogen and oxygen atoms in total. The van der Waals surface area contributed by atoms with Crippen molar-refractivity contribution in [2.75, 3.05) is 10.2 Å². The fourth-order valence-corrected chi connectivity index (χ4v) is 16.1. The van der Waals surface area contributed by atoms with E-state index in [9.17, 15) is 0 Å². The average molecular weight is 1490 g/mol. The topological polar surface area (TPSA) is 25.1 Å². The molecule has 20 aromatic rings. The van der Waals surface area contributed by atoms with Crippen LogP contribution >= 0.6 is 15.9 Å². The Bertz CT molecular complexity index is 6590. The second kappa shape index (κ2) is 32.3. The van der Waals surface area contributed by atoms with Gasteiger partial charge in [0.25, 0.3) is 0 Å². The number of fused-ring (bicyclic) bond motifs is 10. The maximum atomic E-state index is 3.57. The molecule has 0 atom stereocenters. The summed E-state index contributed by atoms with van der Waals surface area (Å²) < 4.78 is 6.05. The first kappa shape index (κ1) is 71.4. The third kappa shape index (κ3) is 14.3. The second-order valence-corrected chi connectivity index (χ2v) is 28.1. The van der Waals surface area contributed by atoms with E-state index in [0.29, 0.717) is 0 Å². The van der Waals surface area contributed by atoms with E-state index < -0.39 is 0 Å². The van der Waals surface area contributed by atoms with E-state index in [0.717, 1.165) is 44.2 Å². The van der Waals surface area contributed by atoms with Gasteiger partial charge in [0.05, 0.1) is 39.1 Å². The van der Waals surface area contributed by atoms with Gasteiger partial charge in [-0.15, -0.1) is 0 Å². The monoisotopic (exact) mass is 1490 g/mol. The minimum absolute atomic E-state index is 0. The predicted octanol–water partition coefficient (Wildman–Crippen LogP) is 30.8. The Morgan fingerprint density at radius 3 is 0.973 bits per heavy atom. The van der Waals surface area contributed by atoms with Crippen LogP contribution in [0, 0.1) is 0 Å². The normalized spacial score (nSPS) is 11.0. The molecule has 2 aromatic heterocycles. The Kier molecular flexibility index (Phi) is 20.8. The number of halogens is 1. The van der Waals surface area contributed by atoms with E-state index >= 15 is 0 Å². The van der Waals surface area contributed by atoms with E-state index in [1.807, 2.05) is 24.3 Å². The minimum atomic E-state index is 0. The van der Waals surface area contributed by atoms with Crippen molar-refractivity contribution in [2.24, 2.45) is 0 Å². The van der Waals surface area contributed by atoms with Gasteiger partial charge >= 0.3 is 0 Å². The van der Waals surface area contributed by atoms with Gasteiger partial charge in [-0.25, -0.2) is 0 Å². The number of hydrogen-bond acceptors (Lipinski definition) is 2. The summed E-state index contributed by atoms with van der Waals surface area (Å²) in [6.45, 7) is 0. The van der Waals surface area contributed by atoms with Gasteiger partial charge in [-0.3, -0.25) is 0 Å². The highest BCUT2D eigenvalue weighted by Gasteiger charge is 2.22. The molecule has 0 aliphatic heterocycles.